The van der Waals surface area contributed by atoms with Gasteiger partial charge >= 0.3 is 0 Å². The third-order valence-electron chi connectivity index (χ3n) is 7.10. The molecule has 31 heavy (non-hydrogen) atoms. The lowest BCUT2D eigenvalue weighted by atomic mass is 9.70. The molecule has 0 fully saturated rings. The van der Waals surface area contributed by atoms with E-state index in [1.165, 1.54) is 94.6 Å². The summed E-state index contributed by atoms with van der Waals surface area (Å²) in [7, 11) is 0. The van der Waals surface area contributed by atoms with Gasteiger partial charge in [-0.25, -0.2) is 0 Å². The molecule has 0 nitrogen and oxygen atoms in total. The van der Waals surface area contributed by atoms with Crippen LogP contribution in [0.4, 0.5) is 0 Å². The first-order valence-electron chi connectivity index (χ1n) is 12.6. The number of unbranched alkanes of at least 4 members (excludes halogenated alkanes) is 8. The molecule has 1 aliphatic rings. The highest BCUT2D eigenvalue weighted by Crippen LogP contribution is 2.54. The first-order valence-corrected chi connectivity index (χ1v) is 14.1. The van der Waals surface area contributed by atoms with Crippen LogP contribution in [0.3, 0.4) is 0 Å². The molecular formula is C29H40Br2. The summed E-state index contributed by atoms with van der Waals surface area (Å²) in [5.41, 5.74) is 6.38. The Morgan fingerprint density at radius 1 is 0.645 bits per heavy atom. The zero-order chi connectivity index (χ0) is 22.2. The van der Waals surface area contributed by atoms with Crippen LogP contribution in [0.25, 0.3) is 11.1 Å². The largest absolute Gasteiger partial charge is 0.0777 e. The molecular weight excluding hydrogens is 508 g/mol. The summed E-state index contributed by atoms with van der Waals surface area (Å²) in [4.78, 5) is 0. The average molecular weight is 548 g/mol. The average Bonchev–Trinajstić information content (AvgIpc) is 3.03. The summed E-state index contributed by atoms with van der Waals surface area (Å²) in [6.07, 6.45) is 17.3. The van der Waals surface area contributed by atoms with Crippen molar-refractivity contribution >= 4 is 31.9 Å². The molecule has 0 unspecified atom stereocenters. The minimum atomic E-state index is 0.0995. The zero-order valence-corrected chi connectivity index (χ0v) is 22.7. The van der Waals surface area contributed by atoms with Gasteiger partial charge in [-0.1, -0.05) is 152 Å². The van der Waals surface area contributed by atoms with Gasteiger partial charge in [0, 0.05) is 5.41 Å². The van der Waals surface area contributed by atoms with Crippen molar-refractivity contribution in [3.05, 3.63) is 59.7 Å². The third kappa shape index (κ3) is 6.70. The molecule has 0 atom stereocenters. The predicted octanol–water partition coefficient (Wildman–Crippen LogP) is 10.6. The molecule has 0 N–H and O–H groups in total. The second-order valence-electron chi connectivity index (χ2n) is 9.68. The van der Waals surface area contributed by atoms with E-state index >= 15 is 0 Å². The van der Waals surface area contributed by atoms with Crippen LogP contribution in [0.15, 0.2) is 48.5 Å². The van der Waals surface area contributed by atoms with E-state index in [2.05, 4.69) is 94.2 Å². The summed E-state index contributed by atoms with van der Waals surface area (Å²) >= 11 is 7.43. The van der Waals surface area contributed by atoms with Crippen molar-refractivity contribution in [1.29, 1.82) is 0 Å². The van der Waals surface area contributed by atoms with Crippen molar-refractivity contribution in [3.63, 3.8) is 0 Å². The smallest absolute Gasteiger partial charge is 0.0730 e. The summed E-state index contributed by atoms with van der Waals surface area (Å²) in [6.45, 7) is 4.51. The van der Waals surface area contributed by atoms with Gasteiger partial charge in [0.05, 0.1) is 3.23 Å². The van der Waals surface area contributed by atoms with E-state index in [1.807, 2.05) is 0 Å². The number of halogens is 2. The lowest BCUT2D eigenvalue weighted by molar-refractivity contribution is 0.398. The highest BCUT2D eigenvalue weighted by molar-refractivity contribution is 9.25. The molecule has 0 aliphatic heterocycles. The maximum atomic E-state index is 3.71. The number of alkyl halides is 2. The second kappa shape index (κ2) is 12.0. The molecule has 0 spiro atoms. The van der Waals surface area contributed by atoms with Crippen LogP contribution in [0.2, 0.25) is 0 Å². The van der Waals surface area contributed by atoms with Gasteiger partial charge in [-0.3, -0.25) is 0 Å². The number of fused-ring (bicyclic) bond motifs is 3. The maximum Gasteiger partial charge on any atom is 0.0777 e. The molecule has 1 aliphatic carbocycles. The van der Waals surface area contributed by atoms with Crippen molar-refractivity contribution < 1.29 is 0 Å². The standard InChI is InChI=1S/C29H40Br2/c1-3-4-5-6-7-15-22-29(23-16-9-8-14-21-28(2,30)31)26-19-12-10-17-24(26)25-18-11-13-20-27(25)29/h10-13,17-20H,3-9,14-16,21-23H2,1-2H3. The molecule has 0 saturated heterocycles. The molecule has 170 valence electrons. The van der Waals surface area contributed by atoms with E-state index in [0.29, 0.717) is 0 Å². The highest BCUT2D eigenvalue weighted by atomic mass is 79.9. The van der Waals surface area contributed by atoms with Gasteiger partial charge in [-0.15, -0.1) is 0 Å². The van der Waals surface area contributed by atoms with Gasteiger partial charge in [0.2, 0.25) is 0 Å². The minimum Gasteiger partial charge on any atom is -0.0730 e. The Morgan fingerprint density at radius 2 is 1.10 bits per heavy atom. The molecule has 0 saturated carbocycles. The zero-order valence-electron chi connectivity index (χ0n) is 19.6. The molecule has 0 heterocycles. The summed E-state index contributed by atoms with van der Waals surface area (Å²) in [5, 5.41) is 0. The van der Waals surface area contributed by atoms with Crippen molar-refractivity contribution in [2.45, 2.75) is 106 Å². The van der Waals surface area contributed by atoms with Crippen LogP contribution in [-0.4, -0.2) is 3.23 Å². The predicted molar refractivity (Wildman–Crippen MR) is 145 cm³/mol. The van der Waals surface area contributed by atoms with E-state index in [1.54, 1.807) is 11.1 Å². The van der Waals surface area contributed by atoms with Crippen molar-refractivity contribution in [2.75, 3.05) is 0 Å². The number of rotatable bonds is 14. The van der Waals surface area contributed by atoms with Crippen LogP contribution in [-0.2, 0) is 5.41 Å². The Kier molecular flexibility index (Phi) is 9.71. The molecule has 3 rings (SSSR count). The molecule has 0 amide bonds. The monoisotopic (exact) mass is 546 g/mol. The fourth-order valence-electron chi connectivity index (χ4n) is 5.50. The number of benzene rings is 2. The van der Waals surface area contributed by atoms with Crippen LogP contribution >= 0.6 is 31.9 Å². The molecule has 0 bridgehead atoms. The van der Waals surface area contributed by atoms with Crippen molar-refractivity contribution in [2.24, 2.45) is 0 Å². The Morgan fingerprint density at radius 3 is 1.61 bits per heavy atom. The Balaban J connectivity index is 1.71. The Hall–Kier alpha value is -0.600. The quantitative estimate of drug-likeness (QED) is 0.163. The maximum absolute atomic E-state index is 3.71. The minimum absolute atomic E-state index is 0.0995. The second-order valence-corrected chi connectivity index (χ2v) is 14.2. The molecule has 2 aromatic carbocycles. The summed E-state index contributed by atoms with van der Waals surface area (Å²) < 4.78 is 0.0995. The van der Waals surface area contributed by atoms with E-state index in [4.69, 9.17) is 0 Å². The first-order chi connectivity index (χ1) is 15.0. The number of hydrogen-bond donors (Lipinski definition) is 0. The van der Waals surface area contributed by atoms with Gasteiger partial charge < -0.3 is 0 Å². The molecule has 2 heteroatoms. The lowest BCUT2D eigenvalue weighted by Crippen LogP contribution is -2.25. The normalized spacial score (nSPS) is 14.5. The van der Waals surface area contributed by atoms with E-state index < -0.39 is 0 Å². The van der Waals surface area contributed by atoms with Gasteiger partial charge in [-0.05, 0) is 48.4 Å². The fourth-order valence-corrected chi connectivity index (χ4v) is 6.06. The van der Waals surface area contributed by atoms with Crippen LogP contribution in [0, 0.1) is 0 Å². The van der Waals surface area contributed by atoms with E-state index in [-0.39, 0.29) is 8.65 Å². The van der Waals surface area contributed by atoms with Gasteiger partial charge in [0.1, 0.15) is 0 Å². The molecule has 0 aromatic heterocycles. The van der Waals surface area contributed by atoms with Crippen LogP contribution in [0.5, 0.6) is 0 Å². The van der Waals surface area contributed by atoms with Crippen LogP contribution in [0.1, 0.15) is 108 Å². The SMILES string of the molecule is CCCCCCCCC1(CCCCCCC(C)(Br)Br)c2ccccc2-c2ccccc21. The van der Waals surface area contributed by atoms with E-state index in [9.17, 15) is 0 Å². The topological polar surface area (TPSA) is 0 Å². The van der Waals surface area contributed by atoms with Gasteiger partial charge in [-0.2, -0.15) is 0 Å². The van der Waals surface area contributed by atoms with Crippen molar-refractivity contribution in [3.8, 4) is 11.1 Å². The molecule has 2 aromatic rings. The number of hydrogen-bond acceptors (Lipinski definition) is 0. The Labute approximate surface area is 207 Å². The van der Waals surface area contributed by atoms with Crippen LogP contribution < -0.4 is 0 Å². The summed E-state index contributed by atoms with van der Waals surface area (Å²) in [6, 6.07) is 18.5. The lowest BCUT2D eigenvalue weighted by Gasteiger charge is -2.33. The fraction of sp³-hybridized carbons (Fsp3) is 0.586. The van der Waals surface area contributed by atoms with Gasteiger partial charge in [0.15, 0.2) is 0 Å². The van der Waals surface area contributed by atoms with E-state index in [0.717, 1.165) is 0 Å². The highest BCUT2D eigenvalue weighted by Gasteiger charge is 2.41. The van der Waals surface area contributed by atoms with Crippen molar-refractivity contribution in [1.82, 2.24) is 0 Å². The first kappa shape index (κ1) is 25.0. The Bertz CT molecular complexity index is 757. The molecule has 0 radical (unpaired) electrons. The van der Waals surface area contributed by atoms with Gasteiger partial charge in [0.25, 0.3) is 0 Å². The third-order valence-corrected chi connectivity index (χ3v) is 7.89. The summed E-state index contributed by atoms with van der Waals surface area (Å²) in [5.74, 6) is 0.